The van der Waals surface area contributed by atoms with Crippen LogP contribution in [0.2, 0.25) is 0 Å². The topological polar surface area (TPSA) is 71.3 Å². The third-order valence-electron chi connectivity index (χ3n) is 4.68. The van der Waals surface area contributed by atoms with Gasteiger partial charge in [-0.3, -0.25) is 9.59 Å². The van der Waals surface area contributed by atoms with Crippen LogP contribution >= 0.6 is 0 Å². The fraction of sp³-hybridized carbons (Fsp3) is 0.400. The van der Waals surface area contributed by atoms with Crippen LogP contribution in [-0.2, 0) is 0 Å². The number of benzene rings is 1. The van der Waals surface area contributed by atoms with E-state index in [-0.39, 0.29) is 23.5 Å². The van der Waals surface area contributed by atoms with Crippen LogP contribution in [0, 0.1) is 5.92 Å². The lowest BCUT2D eigenvalue weighted by Crippen LogP contribution is -2.25. The lowest BCUT2D eigenvalue weighted by molar-refractivity contribution is 0.0929. The second-order valence-electron chi connectivity index (χ2n) is 6.59. The Morgan fingerprint density at radius 2 is 1.92 bits per heavy atom. The molecular formula is C20H24N2O3. The Morgan fingerprint density at radius 1 is 1.20 bits per heavy atom. The molecule has 0 bridgehead atoms. The van der Waals surface area contributed by atoms with Crippen molar-refractivity contribution in [2.45, 2.75) is 32.1 Å². The molecular weight excluding hydrogens is 316 g/mol. The Labute approximate surface area is 147 Å². The zero-order chi connectivity index (χ0) is 17.8. The molecule has 5 nitrogen and oxygen atoms in total. The summed E-state index contributed by atoms with van der Waals surface area (Å²) in [7, 11) is 1.54. The predicted molar refractivity (Wildman–Crippen MR) is 95.7 cm³/mol. The number of hydrogen-bond donors (Lipinski definition) is 2. The van der Waals surface area contributed by atoms with Crippen LogP contribution in [0.15, 0.2) is 40.8 Å². The second-order valence-corrected chi connectivity index (χ2v) is 6.59. The summed E-state index contributed by atoms with van der Waals surface area (Å²) in [6, 6.07) is 11.4. The SMILES string of the molecule is CNC(=O)c1cc(C(=O)NCCC2CC2)c([C@@H](C)c2ccccc2)o1. The normalized spacial score (nSPS) is 14.8. The summed E-state index contributed by atoms with van der Waals surface area (Å²) in [6.45, 7) is 2.63. The van der Waals surface area contributed by atoms with Gasteiger partial charge in [0.15, 0.2) is 5.76 Å². The van der Waals surface area contributed by atoms with Crippen LogP contribution in [0.1, 0.15) is 64.3 Å². The Balaban J connectivity index is 1.84. The van der Waals surface area contributed by atoms with Crippen LogP contribution in [0.5, 0.6) is 0 Å². The van der Waals surface area contributed by atoms with E-state index in [1.165, 1.54) is 12.8 Å². The van der Waals surface area contributed by atoms with E-state index in [0.717, 1.165) is 17.9 Å². The summed E-state index contributed by atoms with van der Waals surface area (Å²) in [5.41, 5.74) is 1.47. The molecule has 1 aliphatic rings. The van der Waals surface area contributed by atoms with Crippen molar-refractivity contribution in [1.29, 1.82) is 0 Å². The maximum absolute atomic E-state index is 12.6. The van der Waals surface area contributed by atoms with Crippen LogP contribution in [0.3, 0.4) is 0 Å². The average Bonchev–Trinajstić information content (AvgIpc) is 3.36. The van der Waals surface area contributed by atoms with Crippen molar-refractivity contribution in [3.63, 3.8) is 0 Å². The van der Waals surface area contributed by atoms with Gasteiger partial charge in [-0.1, -0.05) is 50.1 Å². The molecule has 132 valence electrons. The molecule has 0 spiro atoms. The van der Waals surface area contributed by atoms with Crippen molar-refractivity contribution in [3.8, 4) is 0 Å². The molecule has 2 amide bonds. The van der Waals surface area contributed by atoms with Gasteiger partial charge in [-0.25, -0.2) is 0 Å². The number of amides is 2. The van der Waals surface area contributed by atoms with Gasteiger partial charge in [-0.15, -0.1) is 0 Å². The van der Waals surface area contributed by atoms with Crippen molar-refractivity contribution in [1.82, 2.24) is 10.6 Å². The Hall–Kier alpha value is -2.56. The number of rotatable bonds is 7. The Morgan fingerprint density at radius 3 is 2.56 bits per heavy atom. The van der Waals surface area contributed by atoms with Gasteiger partial charge in [0.25, 0.3) is 11.8 Å². The molecule has 1 aromatic carbocycles. The number of carbonyl (C=O) groups is 2. The molecule has 3 rings (SSSR count). The largest absolute Gasteiger partial charge is 0.454 e. The highest BCUT2D eigenvalue weighted by Gasteiger charge is 2.26. The highest BCUT2D eigenvalue weighted by molar-refractivity contribution is 5.99. The van der Waals surface area contributed by atoms with Gasteiger partial charge < -0.3 is 15.1 Å². The van der Waals surface area contributed by atoms with Gasteiger partial charge in [-0.2, -0.15) is 0 Å². The molecule has 0 unspecified atom stereocenters. The first-order valence-corrected chi connectivity index (χ1v) is 8.79. The summed E-state index contributed by atoms with van der Waals surface area (Å²) in [6.07, 6.45) is 3.53. The molecule has 2 N–H and O–H groups in total. The van der Waals surface area contributed by atoms with E-state index < -0.39 is 0 Å². The number of hydrogen-bond acceptors (Lipinski definition) is 3. The zero-order valence-electron chi connectivity index (χ0n) is 14.7. The molecule has 1 aromatic heterocycles. The summed E-state index contributed by atoms with van der Waals surface area (Å²) in [5, 5.41) is 5.50. The van der Waals surface area contributed by atoms with Crippen molar-refractivity contribution in [2.24, 2.45) is 5.92 Å². The Kier molecular flexibility index (Phi) is 5.22. The zero-order valence-corrected chi connectivity index (χ0v) is 14.7. The molecule has 1 saturated carbocycles. The lowest BCUT2D eigenvalue weighted by Gasteiger charge is -2.12. The molecule has 1 aliphatic carbocycles. The summed E-state index contributed by atoms with van der Waals surface area (Å²) in [5.74, 6) is 0.801. The molecule has 1 fully saturated rings. The number of furan rings is 1. The molecule has 2 aromatic rings. The van der Waals surface area contributed by atoms with E-state index in [1.807, 2.05) is 37.3 Å². The third kappa shape index (κ3) is 4.10. The minimum atomic E-state index is -0.335. The van der Waals surface area contributed by atoms with Crippen molar-refractivity contribution >= 4 is 11.8 Å². The third-order valence-corrected chi connectivity index (χ3v) is 4.68. The first kappa shape index (κ1) is 17.3. The first-order chi connectivity index (χ1) is 12.1. The van der Waals surface area contributed by atoms with Crippen molar-refractivity contribution in [3.05, 3.63) is 59.0 Å². The van der Waals surface area contributed by atoms with Gasteiger partial charge in [0.1, 0.15) is 5.76 Å². The predicted octanol–water partition coefficient (Wildman–Crippen LogP) is 3.32. The fourth-order valence-electron chi connectivity index (χ4n) is 2.92. The Bertz CT molecular complexity index is 748. The highest BCUT2D eigenvalue weighted by atomic mass is 16.4. The molecule has 1 atom stereocenters. The van der Waals surface area contributed by atoms with Gasteiger partial charge in [0, 0.05) is 25.6 Å². The maximum Gasteiger partial charge on any atom is 0.286 e. The standard InChI is InChI=1S/C20H24N2O3/c1-13(15-6-4-3-5-7-15)18-16(12-17(25-18)20(24)21-2)19(23)22-11-10-14-8-9-14/h3-7,12-14H,8-11H2,1-2H3,(H,21,24)(H,22,23)/t13-/m0/s1. The second kappa shape index (κ2) is 7.55. The minimum Gasteiger partial charge on any atom is -0.454 e. The number of nitrogens with one attached hydrogen (secondary N) is 2. The van der Waals surface area contributed by atoms with E-state index >= 15 is 0 Å². The molecule has 0 radical (unpaired) electrons. The van der Waals surface area contributed by atoms with Crippen LogP contribution < -0.4 is 10.6 Å². The average molecular weight is 340 g/mol. The molecule has 0 aliphatic heterocycles. The highest BCUT2D eigenvalue weighted by Crippen LogP contribution is 2.32. The van der Waals surface area contributed by atoms with Gasteiger partial charge >= 0.3 is 0 Å². The van der Waals surface area contributed by atoms with Gasteiger partial charge in [-0.05, 0) is 17.9 Å². The minimum absolute atomic E-state index is 0.121. The van der Waals surface area contributed by atoms with Gasteiger partial charge in [0.05, 0.1) is 5.56 Å². The maximum atomic E-state index is 12.6. The van der Waals surface area contributed by atoms with Crippen molar-refractivity contribution in [2.75, 3.05) is 13.6 Å². The summed E-state index contributed by atoms with van der Waals surface area (Å²) in [4.78, 5) is 24.6. The van der Waals surface area contributed by atoms with E-state index in [0.29, 0.717) is 17.9 Å². The van der Waals surface area contributed by atoms with E-state index in [4.69, 9.17) is 4.42 Å². The molecule has 0 saturated heterocycles. The van der Waals surface area contributed by atoms with E-state index in [9.17, 15) is 9.59 Å². The summed E-state index contributed by atoms with van der Waals surface area (Å²) < 4.78 is 5.77. The fourth-order valence-corrected chi connectivity index (χ4v) is 2.92. The van der Waals surface area contributed by atoms with Gasteiger partial charge in [0.2, 0.25) is 0 Å². The first-order valence-electron chi connectivity index (χ1n) is 8.79. The molecule has 1 heterocycles. The van der Waals surface area contributed by atoms with Crippen molar-refractivity contribution < 1.29 is 14.0 Å². The monoisotopic (exact) mass is 340 g/mol. The quantitative estimate of drug-likeness (QED) is 0.812. The number of carbonyl (C=O) groups excluding carboxylic acids is 2. The van der Waals surface area contributed by atoms with Crippen LogP contribution in [-0.4, -0.2) is 25.4 Å². The molecule has 25 heavy (non-hydrogen) atoms. The van der Waals surface area contributed by atoms with E-state index in [1.54, 1.807) is 13.1 Å². The smallest absolute Gasteiger partial charge is 0.286 e. The van der Waals surface area contributed by atoms with E-state index in [2.05, 4.69) is 10.6 Å². The summed E-state index contributed by atoms with van der Waals surface area (Å²) >= 11 is 0. The lowest BCUT2D eigenvalue weighted by atomic mass is 9.96. The van der Waals surface area contributed by atoms with Crippen LogP contribution in [0.4, 0.5) is 0 Å². The molecule has 5 heteroatoms. The van der Waals surface area contributed by atoms with Crippen LogP contribution in [0.25, 0.3) is 0 Å².